The van der Waals surface area contributed by atoms with Gasteiger partial charge in [-0.25, -0.2) is 5.43 Å². The Labute approximate surface area is 120 Å². The number of nitrogens with zero attached hydrogens (tertiary/aromatic N) is 1. The van der Waals surface area contributed by atoms with Crippen LogP contribution in [0.3, 0.4) is 0 Å². The normalized spacial score (nSPS) is 12.2. The highest BCUT2D eigenvalue weighted by Crippen LogP contribution is 2.29. The topological polar surface area (TPSA) is 60.2 Å². The zero-order chi connectivity index (χ0) is 14.4. The number of benzene rings is 1. The van der Waals surface area contributed by atoms with Crippen LogP contribution < -0.4 is 16.0 Å². The molecule has 0 fully saturated rings. The van der Waals surface area contributed by atoms with Crippen molar-refractivity contribution in [2.24, 2.45) is 5.84 Å². The van der Waals surface area contributed by atoms with E-state index in [4.69, 9.17) is 10.6 Å². The number of rotatable bonds is 6. The van der Waals surface area contributed by atoms with Crippen molar-refractivity contribution in [1.82, 2.24) is 10.4 Å². The largest absolute Gasteiger partial charge is 0.493 e. The van der Waals surface area contributed by atoms with E-state index in [9.17, 15) is 0 Å². The van der Waals surface area contributed by atoms with E-state index in [1.807, 2.05) is 49.5 Å². The summed E-state index contributed by atoms with van der Waals surface area (Å²) < 4.78 is 5.80. The van der Waals surface area contributed by atoms with Crippen LogP contribution in [-0.2, 0) is 0 Å². The maximum Gasteiger partial charge on any atom is 0.124 e. The molecule has 1 atom stereocenters. The monoisotopic (exact) mass is 271 g/mol. The second kappa shape index (κ2) is 7.03. The van der Waals surface area contributed by atoms with Gasteiger partial charge in [0.05, 0.1) is 12.6 Å². The van der Waals surface area contributed by atoms with Crippen molar-refractivity contribution in [2.45, 2.75) is 26.3 Å². The third-order valence-corrected chi connectivity index (χ3v) is 3.13. The Balaban J connectivity index is 2.33. The summed E-state index contributed by atoms with van der Waals surface area (Å²) in [6.45, 7) is 4.75. The van der Waals surface area contributed by atoms with Crippen LogP contribution in [0.2, 0.25) is 0 Å². The predicted octanol–water partition coefficient (Wildman–Crippen LogP) is 2.73. The van der Waals surface area contributed by atoms with Crippen molar-refractivity contribution in [2.75, 3.05) is 6.61 Å². The SMILES string of the molecule is CCCOc1ccccc1C(NN)c1ccc(C)nc1. The summed E-state index contributed by atoms with van der Waals surface area (Å²) in [4.78, 5) is 4.33. The van der Waals surface area contributed by atoms with Gasteiger partial charge in [0, 0.05) is 17.5 Å². The lowest BCUT2D eigenvalue weighted by Crippen LogP contribution is -2.29. The van der Waals surface area contributed by atoms with Crippen LogP contribution >= 0.6 is 0 Å². The number of nitrogens with one attached hydrogen (secondary N) is 1. The second-order valence-electron chi connectivity index (χ2n) is 4.72. The quantitative estimate of drug-likeness (QED) is 0.626. The Hall–Kier alpha value is -1.91. The molecule has 2 aromatic rings. The Kier molecular flexibility index (Phi) is 5.09. The maximum absolute atomic E-state index is 5.80. The van der Waals surface area contributed by atoms with Gasteiger partial charge in [-0.1, -0.05) is 31.2 Å². The molecule has 0 amide bonds. The fourth-order valence-corrected chi connectivity index (χ4v) is 2.08. The van der Waals surface area contributed by atoms with Gasteiger partial charge in [-0.05, 0) is 31.0 Å². The molecule has 1 aromatic heterocycles. The first-order valence-corrected chi connectivity index (χ1v) is 6.86. The van der Waals surface area contributed by atoms with E-state index in [2.05, 4.69) is 17.3 Å². The number of aromatic nitrogens is 1. The van der Waals surface area contributed by atoms with Crippen molar-refractivity contribution in [3.63, 3.8) is 0 Å². The van der Waals surface area contributed by atoms with Gasteiger partial charge >= 0.3 is 0 Å². The summed E-state index contributed by atoms with van der Waals surface area (Å²) in [5.41, 5.74) is 5.88. The van der Waals surface area contributed by atoms with Gasteiger partial charge in [-0.2, -0.15) is 0 Å². The van der Waals surface area contributed by atoms with Crippen LogP contribution in [0.4, 0.5) is 0 Å². The number of hydrogen-bond donors (Lipinski definition) is 2. The minimum Gasteiger partial charge on any atom is -0.493 e. The third kappa shape index (κ3) is 3.35. The van der Waals surface area contributed by atoms with Gasteiger partial charge in [0.15, 0.2) is 0 Å². The Bertz CT molecular complexity index is 540. The Morgan fingerprint density at radius 1 is 1.25 bits per heavy atom. The molecule has 1 unspecified atom stereocenters. The minimum atomic E-state index is -0.129. The van der Waals surface area contributed by atoms with E-state index in [0.717, 1.165) is 29.0 Å². The van der Waals surface area contributed by atoms with E-state index >= 15 is 0 Å². The van der Waals surface area contributed by atoms with Crippen LogP contribution in [0.5, 0.6) is 5.75 Å². The Morgan fingerprint density at radius 3 is 2.70 bits per heavy atom. The van der Waals surface area contributed by atoms with Crippen LogP contribution in [0.25, 0.3) is 0 Å². The summed E-state index contributed by atoms with van der Waals surface area (Å²) in [5.74, 6) is 6.60. The number of hydrogen-bond acceptors (Lipinski definition) is 4. The molecule has 0 aliphatic heterocycles. The molecule has 0 aliphatic rings. The van der Waals surface area contributed by atoms with Crippen molar-refractivity contribution in [1.29, 1.82) is 0 Å². The van der Waals surface area contributed by atoms with E-state index in [1.54, 1.807) is 0 Å². The van der Waals surface area contributed by atoms with Crippen molar-refractivity contribution in [3.8, 4) is 5.75 Å². The van der Waals surface area contributed by atoms with Gasteiger partial charge in [0.1, 0.15) is 5.75 Å². The van der Waals surface area contributed by atoms with E-state index in [0.29, 0.717) is 6.61 Å². The number of ether oxygens (including phenoxy) is 1. The Morgan fingerprint density at radius 2 is 2.05 bits per heavy atom. The number of para-hydroxylation sites is 1. The first-order valence-electron chi connectivity index (χ1n) is 6.86. The zero-order valence-electron chi connectivity index (χ0n) is 12.0. The summed E-state index contributed by atoms with van der Waals surface area (Å²) >= 11 is 0. The molecule has 2 rings (SSSR count). The maximum atomic E-state index is 5.80. The molecule has 0 aliphatic carbocycles. The molecule has 0 radical (unpaired) electrons. The molecule has 1 heterocycles. The van der Waals surface area contributed by atoms with E-state index in [-0.39, 0.29) is 6.04 Å². The lowest BCUT2D eigenvalue weighted by Gasteiger charge is -2.20. The fraction of sp³-hybridized carbons (Fsp3) is 0.312. The summed E-state index contributed by atoms with van der Waals surface area (Å²) in [7, 11) is 0. The highest BCUT2D eigenvalue weighted by Gasteiger charge is 2.17. The molecule has 0 saturated carbocycles. The zero-order valence-corrected chi connectivity index (χ0v) is 12.0. The number of aryl methyl sites for hydroxylation is 1. The molecule has 0 bridgehead atoms. The molecule has 3 N–H and O–H groups in total. The van der Waals surface area contributed by atoms with Crippen molar-refractivity contribution >= 4 is 0 Å². The molecule has 0 spiro atoms. The highest BCUT2D eigenvalue weighted by molar-refractivity contribution is 5.41. The van der Waals surface area contributed by atoms with Gasteiger partial charge in [0.25, 0.3) is 0 Å². The number of pyridine rings is 1. The predicted molar refractivity (Wildman–Crippen MR) is 80.4 cm³/mol. The van der Waals surface area contributed by atoms with E-state index in [1.165, 1.54) is 0 Å². The molecular formula is C16H21N3O. The molecule has 1 aromatic carbocycles. The van der Waals surface area contributed by atoms with Crippen molar-refractivity contribution < 1.29 is 4.74 Å². The van der Waals surface area contributed by atoms with Gasteiger partial charge in [-0.3, -0.25) is 10.8 Å². The van der Waals surface area contributed by atoms with E-state index < -0.39 is 0 Å². The third-order valence-electron chi connectivity index (χ3n) is 3.13. The van der Waals surface area contributed by atoms with Crippen LogP contribution in [-0.4, -0.2) is 11.6 Å². The average Bonchev–Trinajstić information content (AvgIpc) is 2.49. The first kappa shape index (κ1) is 14.5. The fourth-order valence-electron chi connectivity index (χ4n) is 2.08. The number of nitrogens with two attached hydrogens (primary N) is 1. The minimum absolute atomic E-state index is 0.129. The van der Waals surface area contributed by atoms with Crippen LogP contribution in [0, 0.1) is 6.92 Å². The average molecular weight is 271 g/mol. The summed E-state index contributed by atoms with van der Waals surface area (Å²) in [5, 5.41) is 0. The van der Waals surface area contributed by atoms with Crippen LogP contribution in [0.1, 0.15) is 36.2 Å². The van der Waals surface area contributed by atoms with Gasteiger partial charge in [0.2, 0.25) is 0 Å². The second-order valence-corrected chi connectivity index (χ2v) is 4.72. The molecule has 20 heavy (non-hydrogen) atoms. The molecule has 4 nitrogen and oxygen atoms in total. The lowest BCUT2D eigenvalue weighted by molar-refractivity contribution is 0.311. The number of hydrazine groups is 1. The molecular weight excluding hydrogens is 250 g/mol. The summed E-state index contributed by atoms with van der Waals surface area (Å²) in [6, 6.07) is 11.8. The van der Waals surface area contributed by atoms with Crippen molar-refractivity contribution in [3.05, 3.63) is 59.4 Å². The smallest absolute Gasteiger partial charge is 0.124 e. The molecule has 106 valence electrons. The molecule has 0 saturated heterocycles. The highest BCUT2D eigenvalue weighted by atomic mass is 16.5. The van der Waals surface area contributed by atoms with Crippen LogP contribution in [0.15, 0.2) is 42.6 Å². The van der Waals surface area contributed by atoms with Gasteiger partial charge < -0.3 is 4.74 Å². The van der Waals surface area contributed by atoms with Gasteiger partial charge in [-0.15, -0.1) is 0 Å². The first-order chi connectivity index (χ1) is 9.76. The standard InChI is InChI=1S/C16H21N3O/c1-3-10-20-15-7-5-4-6-14(15)16(19-17)13-9-8-12(2)18-11-13/h4-9,11,16,19H,3,10,17H2,1-2H3. The molecule has 4 heteroatoms. The summed E-state index contributed by atoms with van der Waals surface area (Å²) in [6.07, 6.45) is 2.82. The lowest BCUT2D eigenvalue weighted by atomic mass is 9.99.